The first-order valence-electron chi connectivity index (χ1n) is 8.25. The van der Waals surface area contributed by atoms with E-state index in [0.29, 0.717) is 6.54 Å². The van der Waals surface area contributed by atoms with Crippen molar-refractivity contribution in [2.24, 2.45) is 0 Å². The second-order valence-corrected chi connectivity index (χ2v) is 7.54. The van der Waals surface area contributed by atoms with E-state index >= 15 is 0 Å². The van der Waals surface area contributed by atoms with Gasteiger partial charge in [0.1, 0.15) is 0 Å². The van der Waals surface area contributed by atoms with Crippen LogP contribution in [0.15, 0.2) is 40.4 Å². The number of hydrogen-bond donors (Lipinski definition) is 1. The Morgan fingerprint density at radius 3 is 2.68 bits per heavy atom. The Balaban J connectivity index is 1.34. The zero-order chi connectivity index (χ0) is 17.5. The van der Waals surface area contributed by atoms with E-state index in [1.807, 2.05) is 45.3 Å². The predicted molar refractivity (Wildman–Crippen MR) is 103 cm³/mol. The van der Waals surface area contributed by atoms with Crippen LogP contribution in [0.1, 0.15) is 15.2 Å². The lowest BCUT2D eigenvalue weighted by molar-refractivity contribution is -0.116. The van der Waals surface area contributed by atoms with Gasteiger partial charge in [-0.15, -0.1) is 11.3 Å². The first-order valence-corrected chi connectivity index (χ1v) is 10.1. The molecule has 1 saturated heterocycles. The minimum Gasteiger partial charge on any atom is -0.351 e. The van der Waals surface area contributed by atoms with Crippen LogP contribution in [0.4, 0.5) is 0 Å². The van der Waals surface area contributed by atoms with Gasteiger partial charge in [-0.05, 0) is 29.0 Å². The van der Waals surface area contributed by atoms with Crippen molar-refractivity contribution in [1.82, 2.24) is 15.1 Å². The van der Waals surface area contributed by atoms with E-state index in [9.17, 15) is 9.59 Å². The van der Waals surface area contributed by atoms with Crippen molar-refractivity contribution in [3.63, 3.8) is 0 Å². The van der Waals surface area contributed by atoms with Gasteiger partial charge in [-0.2, -0.15) is 11.3 Å². The summed E-state index contributed by atoms with van der Waals surface area (Å²) < 4.78 is 0. The monoisotopic (exact) mass is 375 g/mol. The molecule has 0 aromatic carbocycles. The summed E-state index contributed by atoms with van der Waals surface area (Å²) in [4.78, 5) is 29.3. The van der Waals surface area contributed by atoms with Crippen molar-refractivity contribution in [3.05, 3.63) is 50.9 Å². The highest BCUT2D eigenvalue weighted by atomic mass is 32.1. The van der Waals surface area contributed by atoms with Crippen LogP contribution in [0.2, 0.25) is 0 Å². The molecule has 1 fully saturated rings. The topological polar surface area (TPSA) is 52.7 Å². The molecule has 2 aromatic heterocycles. The van der Waals surface area contributed by atoms with Gasteiger partial charge in [-0.3, -0.25) is 14.5 Å². The third-order valence-electron chi connectivity index (χ3n) is 4.10. The number of piperazine rings is 1. The van der Waals surface area contributed by atoms with Crippen molar-refractivity contribution in [3.8, 4) is 0 Å². The maximum Gasteiger partial charge on any atom is 0.254 e. The minimum absolute atomic E-state index is 0.0697. The van der Waals surface area contributed by atoms with Gasteiger partial charge in [0.05, 0.1) is 5.56 Å². The molecule has 2 amide bonds. The number of rotatable bonds is 6. The largest absolute Gasteiger partial charge is 0.351 e. The summed E-state index contributed by atoms with van der Waals surface area (Å²) >= 11 is 3.15. The average molecular weight is 376 g/mol. The quantitative estimate of drug-likeness (QED) is 0.789. The van der Waals surface area contributed by atoms with E-state index in [2.05, 4.69) is 10.2 Å². The molecule has 0 spiro atoms. The van der Waals surface area contributed by atoms with E-state index < -0.39 is 0 Å². The van der Waals surface area contributed by atoms with Gasteiger partial charge < -0.3 is 10.2 Å². The molecule has 1 aliphatic rings. The molecule has 7 heteroatoms. The predicted octanol–water partition coefficient (Wildman–Crippen LogP) is 2.40. The van der Waals surface area contributed by atoms with Crippen LogP contribution in [0.5, 0.6) is 0 Å². The Morgan fingerprint density at radius 2 is 2.00 bits per heavy atom. The Kier molecular flexibility index (Phi) is 6.38. The second-order valence-electron chi connectivity index (χ2n) is 5.79. The van der Waals surface area contributed by atoms with Crippen molar-refractivity contribution in [2.75, 3.05) is 39.3 Å². The molecule has 0 atom stereocenters. The van der Waals surface area contributed by atoms with Gasteiger partial charge in [0, 0.05) is 55.6 Å². The number of nitrogens with one attached hydrogen (secondary N) is 1. The molecule has 2 aromatic rings. The smallest absolute Gasteiger partial charge is 0.254 e. The maximum atomic E-state index is 12.3. The second kappa shape index (κ2) is 8.94. The van der Waals surface area contributed by atoms with Gasteiger partial charge in [0.2, 0.25) is 5.91 Å². The molecule has 0 unspecified atom stereocenters. The van der Waals surface area contributed by atoms with E-state index in [1.165, 1.54) is 0 Å². The Morgan fingerprint density at radius 1 is 1.16 bits per heavy atom. The minimum atomic E-state index is -0.0697. The molecular formula is C18H21N3O2S2. The molecule has 0 radical (unpaired) electrons. The Bertz CT molecular complexity index is 703. The molecular weight excluding hydrogens is 354 g/mol. The number of hydrogen-bond acceptors (Lipinski definition) is 5. The first-order chi connectivity index (χ1) is 12.2. The molecule has 3 heterocycles. The Labute approximate surface area is 155 Å². The van der Waals surface area contributed by atoms with Crippen molar-refractivity contribution in [1.29, 1.82) is 0 Å². The number of nitrogens with zero attached hydrogens (tertiary/aromatic N) is 2. The lowest BCUT2D eigenvalue weighted by atomic mass is 10.2. The number of thiophene rings is 2. The summed E-state index contributed by atoms with van der Waals surface area (Å²) in [7, 11) is 0. The van der Waals surface area contributed by atoms with Gasteiger partial charge in [0.25, 0.3) is 5.91 Å². The van der Waals surface area contributed by atoms with Crippen LogP contribution in [-0.4, -0.2) is 60.9 Å². The highest BCUT2D eigenvalue weighted by molar-refractivity contribution is 7.10. The van der Waals surface area contributed by atoms with Crippen molar-refractivity contribution >= 4 is 40.6 Å². The van der Waals surface area contributed by atoms with Crippen LogP contribution in [0.3, 0.4) is 0 Å². The number of amides is 2. The molecule has 5 nitrogen and oxygen atoms in total. The van der Waals surface area contributed by atoms with Gasteiger partial charge in [-0.25, -0.2) is 0 Å². The van der Waals surface area contributed by atoms with Gasteiger partial charge >= 0.3 is 0 Å². The standard InChI is InChI=1S/C18H21N3O2S2/c22-17(4-3-16-2-1-12-25-16)19-6-7-20-8-10-21(11-9-20)18(23)15-5-13-24-14-15/h1-5,12-14H,6-11H2,(H,19,22)/b4-3+. The summed E-state index contributed by atoms with van der Waals surface area (Å²) in [5, 5.41) is 8.72. The summed E-state index contributed by atoms with van der Waals surface area (Å²) in [6.45, 7) is 4.58. The van der Waals surface area contributed by atoms with Crippen LogP contribution < -0.4 is 5.32 Å². The molecule has 1 N–H and O–H groups in total. The van der Waals surface area contributed by atoms with Crippen LogP contribution in [-0.2, 0) is 4.79 Å². The molecule has 0 saturated carbocycles. The number of carbonyl (C=O) groups excluding carboxylic acids is 2. The van der Waals surface area contributed by atoms with E-state index in [4.69, 9.17) is 0 Å². The van der Waals surface area contributed by atoms with Crippen molar-refractivity contribution in [2.45, 2.75) is 0 Å². The third-order valence-corrected chi connectivity index (χ3v) is 5.62. The Hall–Kier alpha value is -1.96. The highest BCUT2D eigenvalue weighted by Crippen LogP contribution is 2.12. The van der Waals surface area contributed by atoms with Crippen LogP contribution in [0, 0.1) is 0 Å². The summed E-state index contributed by atoms with van der Waals surface area (Å²) in [5.74, 6) is 0.0487. The summed E-state index contributed by atoms with van der Waals surface area (Å²) in [6.07, 6.45) is 3.40. The zero-order valence-electron chi connectivity index (χ0n) is 13.9. The molecule has 3 rings (SSSR count). The number of carbonyl (C=O) groups is 2. The summed E-state index contributed by atoms with van der Waals surface area (Å²) in [5.41, 5.74) is 0.781. The van der Waals surface area contributed by atoms with Crippen LogP contribution >= 0.6 is 22.7 Å². The normalized spacial score (nSPS) is 15.6. The third kappa shape index (κ3) is 5.26. The fourth-order valence-corrected chi connectivity index (χ4v) is 3.93. The molecule has 0 bridgehead atoms. The average Bonchev–Trinajstić information content (AvgIpc) is 3.34. The van der Waals surface area contributed by atoms with E-state index in [-0.39, 0.29) is 11.8 Å². The fourth-order valence-electron chi connectivity index (χ4n) is 2.68. The highest BCUT2D eigenvalue weighted by Gasteiger charge is 2.21. The first kappa shape index (κ1) is 17.8. The van der Waals surface area contributed by atoms with E-state index in [0.717, 1.165) is 43.2 Å². The maximum absolute atomic E-state index is 12.3. The lowest BCUT2D eigenvalue weighted by Gasteiger charge is -2.34. The lowest BCUT2D eigenvalue weighted by Crippen LogP contribution is -2.50. The SMILES string of the molecule is O=C(/C=C/c1cccs1)NCCN1CCN(C(=O)c2ccsc2)CC1. The van der Waals surface area contributed by atoms with E-state index in [1.54, 1.807) is 28.7 Å². The van der Waals surface area contributed by atoms with Crippen LogP contribution in [0.25, 0.3) is 6.08 Å². The summed E-state index contributed by atoms with van der Waals surface area (Å²) in [6, 6.07) is 5.81. The molecule has 1 aliphatic heterocycles. The van der Waals surface area contributed by atoms with Crippen molar-refractivity contribution < 1.29 is 9.59 Å². The molecule has 132 valence electrons. The van der Waals surface area contributed by atoms with Gasteiger partial charge in [0.15, 0.2) is 0 Å². The fraction of sp³-hybridized carbons (Fsp3) is 0.333. The van der Waals surface area contributed by atoms with Gasteiger partial charge in [-0.1, -0.05) is 6.07 Å². The molecule has 25 heavy (non-hydrogen) atoms. The molecule has 0 aliphatic carbocycles. The zero-order valence-corrected chi connectivity index (χ0v) is 15.5.